The maximum Gasteiger partial charge on any atom is 0.233 e. The summed E-state index contributed by atoms with van der Waals surface area (Å²) in [5.41, 5.74) is 0.868. The van der Waals surface area contributed by atoms with E-state index in [4.69, 9.17) is 16.3 Å². The summed E-state index contributed by atoms with van der Waals surface area (Å²) in [6.07, 6.45) is 0. The third-order valence-electron chi connectivity index (χ3n) is 4.19. The molecule has 29 heavy (non-hydrogen) atoms. The number of hydrogen-bond acceptors (Lipinski definition) is 5. The zero-order valence-corrected chi connectivity index (χ0v) is 17.6. The number of amides is 1. The van der Waals surface area contributed by atoms with Gasteiger partial charge in [-0.25, -0.2) is 4.39 Å². The Balaban J connectivity index is 1.50. The number of hydrogen-bond donors (Lipinski definition) is 0. The number of thioether (sulfide) groups is 1. The first-order chi connectivity index (χ1) is 13.9. The molecule has 0 saturated heterocycles. The van der Waals surface area contributed by atoms with Gasteiger partial charge in [0.2, 0.25) is 5.91 Å². The molecule has 2 aromatic carbocycles. The Morgan fingerprint density at radius 2 is 1.86 bits per heavy atom. The summed E-state index contributed by atoms with van der Waals surface area (Å²) in [5.74, 6) is 1.21. The summed E-state index contributed by atoms with van der Waals surface area (Å²) in [7, 11) is 3.55. The molecule has 0 radical (unpaired) electrons. The highest BCUT2D eigenvalue weighted by molar-refractivity contribution is 7.99. The van der Waals surface area contributed by atoms with Crippen LogP contribution in [-0.2, 0) is 25.0 Å². The molecule has 0 spiro atoms. The van der Waals surface area contributed by atoms with E-state index in [1.54, 1.807) is 52.9 Å². The van der Waals surface area contributed by atoms with Gasteiger partial charge in [0, 0.05) is 25.7 Å². The van der Waals surface area contributed by atoms with E-state index in [-0.39, 0.29) is 24.1 Å². The molecule has 0 atom stereocenters. The summed E-state index contributed by atoms with van der Waals surface area (Å²) in [6, 6.07) is 13.2. The molecule has 0 saturated carbocycles. The fourth-order valence-electron chi connectivity index (χ4n) is 2.46. The number of carbonyl (C=O) groups excluding carboxylic acids is 1. The van der Waals surface area contributed by atoms with E-state index < -0.39 is 0 Å². The van der Waals surface area contributed by atoms with Crippen LogP contribution in [0, 0.1) is 5.82 Å². The zero-order valence-electron chi connectivity index (χ0n) is 16.0. The normalized spacial score (nSPS) is 10.8. The number of carbonyl (C=O) groups is 1. The van der Waals surface area contributed by atoms with Gasteiger partial charge in [-0.05, 0) is 42.0 Å². The number of ether oxygens (including phenoxy) is 1. The van der Waals surface area contributed by atoms with Crippen LogP contribution in [0.15, 0.2) is 53.7 Å². The van der Waals surface area contributed by atoms with E-state index in [1.165, 1.54) is 23.9 Å². The standard InChI is InChI=1S/C20H20ClFN4O2S/c1-25(11-14-3-7-16(22)8-4-14)19(27)13-29-20-24-23-18(26(20)2)12-28-17-9-5-15(21)6-10-17/h3-10H,11-13H2,1-2H3. The highest BCUT2D eigenvalue weighted by atomic mass is 35.5. The van der Waals surface area contributed by atoms with Crippen molar-refractivity contribution in [1.82, 2.24) is 19.7 Å². The minimum Gasteiger partial charge on any atom is -0.486 e. The Bertz CT molecular complexity index is 964. The van der Waals surface area contributed by atoms with Crippen LogP contribution in [0.25, 0.3) is 0 Å². The third-order valence-corrected chi connectivity index (χ3v) is 5.45. The van der Waals surface area contributed by atoms with Crippen molar-refractivity contribution in [3.63, 3.8) is 0 Å². The smallest absolute Gasteiger partial charge is 0.233 e. The molecule has 1 aromatic heterocycles. The lowest BCUT2D eigenvalue weighted by molar-refractivity contribution is -0.127. The Morgan fingerprint density at radius 3 is 2.55 bits per heavy atom. The van der Waals surface area contributed by atoms with Crippen LogP contribution in [0.3, 0.4) is 0 Å². The predicted molar refractivity (Wildman–Crippen MR) is 110 cm³/mol. The topological polar surface area (TPSA) is 60.3 Å². The first kappa shape index (κ1) is 21.1. The van der Waals surface area contributed by atoms with Crippen LogP contribution < -0.4 is 4.74 Å². The molecule has 0 N–H and O–H groups in total. The van der Waals surface area contributed by atoms with Crippen molar-refractivity contribution in [3.05, 3.63) is 70.8 Å². The molecule has 3 rings (SSSR count). The first-order valence-electron chi connectivity index (χ1n) is 8.80. The van der Waals surface area contributed by atoms with Crippen molar-refractivity contribution in [2.45, 2.75) is 18.3 Å². The van der Waals surface area contributed by atoms with E-state index in [9.17, 15) is 9.18 Å². The number of nitrogens with zero attached hydrogens (tertiary/aromatic N) is 4. The molecule has 9 heteroatoms. The highest BCUT2D eigenvalue weighted by Crippen LogP contribution is 2.19. The van der Waals surface area contributed by atoms with Gasteiger partial charge >= 0.3 is 0 Å². The van der Waals surface area contributed by atoms with E-state index >= 15 is 0 Å². The fraction of sp³-hybridized carbons (Fsp3) is 0.250. The molecule has 6 nitrogen and oxygen atoms in total. The maximum atomic E-state index is 13.0. The largest absolute Gasteiger partial charge is 0.486 e. The summed E-state index contributed by atoms with van der Waals surface area (Å²) < 4.78 is 20.5. The molecule has 3 aromatic rings. The van der Waals surface area contributed by atoms with Crippen molar-refractivity contribution in [3.8, 4) is 5.75 Å². The maximum absolute atomic E-state index is 13.0. The lowest BCUT2D eigenvalue weighted by Crippen LogP contribution is -2.27. The van der Waals surface area contributed by atoms with E-state index in [1.807, 2.05) is 7.05 Å². The third kappa shape index (κ3) is 5.95. The molecule has 152 valence electrons. The Kier molecular flexibility index (Phi) is 7.11. The molecule has 0 aliphatic heterocycles. The van der Waals surface area contributed by atoms with Crippen molar-refractivity contribution in [2.75, 3.05) is 12.8 Å². The molecular weight excluding hydrogens is 415 g/mol. The van der Waals surface area contributed by atoms with Gasteiger partial charge in [-0.2, -0.15) is 0 Å². The lowest BCUT2D eigenvalue weighted by atomic mass is 10.2. The van der Waals surface area contributed by atoms with Crippen molar-refractivity contribution in [1.29, 1.82) is 0 Å². The highest BCUT2D eigenvalue weighted by Gasteiger charge is 2.14. The fourth-order valence-corrected chi connectivity index (χ4v) is 3.46. The van der Waals surface area contributed by atoms with E-state index in [0.717, 1.165) is 5.56 Å². The minimum absolute atomic E-state index is 0.0544. The van der Waals surface area contributed by atoms with Gasteiger partial charge in [-0.3, -0.25) is 4.79 Å². The van der Waals surface area contributed by atoms with Gasteiger partial charge in [0.25, 0.3) is 0 Å². The van der Waals surface area contributed by atoms with Gasteiger partial charge in [0.05, 0.1) is 5.75 Å². The summed E-state index contributed by atoms with van der Waals surface area (Å²) in [6.45, 7) is 0.669. The summed E-state index contributed by atoms with van der Waals surface area (Å²) in [4.78, 5) is 14.0. The molecular formula is C20H20ClFN4O2S. The Labute approximate surface area is 177 Å². The van der Waals surface area contributed by atoms with E-state index in [2.05, 4.69) is 10.2 Å². The Hall–Kier alpha value is -2.58. The van der Waals surface area contributed by atoms with Crippen LogP contribution in [0.1, 0.15) is 11.4 Å². The molecule has 0 unspecified atom stereocenters. The van der Waals surface area contributed by atoms with Gasteiger partial charge in [-0.15, -0.1) is 10.2 Å². The monoisotopic (exact) mass is 434 g/mol. The molecule has 0 bridgehead atoms. The van der Waals surface area contributed by atoms with Gasteiger partial charge in [0.1, 0.15) is 18.2 Å². The number of rotatable bonds is 8. The van der Waals surface area contributed by atoms with Crippen LogP contribution >= 0.6 is 23.4 Å². The quantitative estimate of drug-likeness (QED) is 0.502. The lowest BCUT2D eigenvalue weighted by Gasteiger charge is -2.17. The van der Waals surface area contributed by atoms with Crippen LogP contribution in [-0.4, -0.2) is 38.4 Å². The summed E-state index contributed by atoms with van der Waals surface area (Å²) >= 11 is 7.17. The molecule has 1 heterocycles. The second-order valence-electron chi connectivity index (χ2n) is 6.37. The van der Waals surface area contributed by atoms with Gasteiger partial charge in [-0.1, -0.05) is 35.5 Å². The average molecular weight is 435 g/mol. The van der Waals surface area contributed by atoms with Crippen LogP contribution in [0.4, 0.5) is 4.39 Å². The van der Waals surface area contributed by atoms with Crippen molar-refractivity contribution < 1.29 is 13.9 Å². The first-order valence-corrected chi connectivity index (χ1v) is 10.2. The predicted octanol–water partition coefficient (Wildman–Crippen LogP) is 3.94. The van der Waals surface area contributed by atoms with Crippen molar-refractivity contribution >= 4 is 29.3 Å². The SMILES string of the molecule is CN(Cc1ccc(F)cc1)C(=O)CSc1nnc(COc2ccc(Cl)cc2)n1C. The Morgan fingerprint density at radius 1 is 1.17 bits per heavy atom. The summed E-state index contributed by atoms with van der Waals surface area (Å²) in [5, 5.41) is 9.53. The second kappa shape index (κ2) is 9.76. The second-order valence-corrected chi connectivity index (χ2v) is 7.74. The van der Waals surface area contributed by atoms with Crippen LogP contribution in [0.5, 0.6) is 5.75 Å². The molecule has 1 amide bonds. The number of halogens is 2. The van der Waals surface area contributed by atoms with Crippen LogP contribution in [0.2, 0.25) is 5.02 Å². The molecule has 0 fully saturated rings. The molecule has 0 aliphatic rings. The minimum atomic E-state index is -0.295. The van der Waals surface area contributed by atoms with Gasteiger partial charge in [0.15, 0.2) is 11.0 Å². The van der Waals surface area contributed by atoms with Gasteiger partial charge < -0.3 is 14.2 Å². The zero-order chi connectivity index (χ0) is 20.8. The van der Waals surface area contributed by atoms with Crippen molar-refractivity contribution in [2.24, 2.45) is 7.05 Å². The molecule has 0 aliphatic carbocycles. The van der Waals surface area contributed by atoms with E-state index in [0.29, 0.717) is 28.3 Å². The number of benzene rings is 2. The number of aromatic nitrogens is 3. The average Bonchev–Trinajstić information content (AvgIpc) is 3.07.